The van der Waals surface area contributed by atoms with Crippen molar-refractivity contribution in [3.05, 3.63) is 89.0 Å². The molecule has 1 aliphatic heterocycles. The van der Waals surface area contributed by atoms with Crippen LogP contribution in [-0.4, -0.2) is 37.6 Å². The summed E-state index contributed by atoms with van der Waals surface area (Å²) < 4.78 is 43.8. The molecule has 1 atom stereocenters. The van der Waals surface area contributed by atoms with Crippen LogP contribution in [0.25, 0.3) is 5.76 Å². The number of amides is 1. The third-order valence-electron chi connectivity index (χ3n) is 5.80. The normalized spacial score (nSPS) is 16.8. The maximum absolute atomic E-state index is 14.1. The minimum absolute atomic E-state index is 0.0457. The van der Waals surface area contributed by atoms with Crippen LogP contribution in [0.3, 0.4) is 0 Å². The Balaban J connectivity index is 1.94. The van der Waals surface area contributed by atoms with Gasteiger partial charge in [-0.3, -0.25) is 14.5 Å². The van der Waals surface area contributed by atoms with Crippen molar-refractivity contribution in [3.8, 4) is 17.2 Å². The molecule has 7 nitrogen and oxygen atoms in total. The summed E-state index contributed by atoms with van der Waals surface area (Å²) >= 11 is 0. The quantitative estimate of drug-likeness (QED) is 0.282. The van der Waals surface area contributed by atoms with E-state index in [1.807, 2.05) is 6.92 Å². The summed E-state index contributed by atoms with van der Waals surface area (Å²) in [6, 6.07) is 12.9. The molecule has 0 radical (unpaired) electrons. The van der Waals surface area contributed by atoms with E-state index in [9.17, 15) is 23.5 Å². The van der Waals surface area contributed by atoms with Crippen LogP contribution in [0.4, 0.5) is 14.5 Å². The number of aliphatic hydroxyl groups is 1. The molecule has 36 heavy (non-hydrogen) atoms. The zero-order chi connectivity index (χ0) is 26.0. The van der Waals surface area contributed by atoms with E-state index in [1.165, 1.54) is 32.4 Å². The van der Waals surface area contributed by atoms with Crippen LogP contribution >= 0.6 is 0 Å². The van der Waals surface area contributed by atoms with Crippen molar-refractivity contribution in [2.75, 3.05) is 25.7 Å². The molecule has 1 heterocycles. The number of methoxy groups -OCH3 is 2. The molecule has 0 bridgehead atoms. The number of rotatable bonds is 7. The lowest BCUT2D eigenvalue weighted by Crippen LogP contribution is -2.29. The van der Waals surface area contributed by atoms with E-state index in [0.29, 0.717) is 23.7 Å². The first-order valence-corrected chi connectivity index (χ1v) is 11.0. The van der Waals surface area contributed by atoms with Gasteiger partial charge < -0.3 is 19.3 Å². The molecule has 3 aromatic rings. The van der Waals surface area contributed by atoms with Gasteiger partial charge in [0.15, 0.2) is 11.6 Å². The fraction of sp³-hybridized carbons (Fsp3) is 0.185. The number of ether oxygens (including phenoxy) is 3. The number of Topliss-reactive ketones (excluding diaryl/α,β-unsaturated/α-hetero) is 1. The van der Waals surface area contributed by atoms with Crippen molar-refractivity contribution < 1.29 is 37.7 Å². The van der Waals surface area contributed by atoms with Gasteiger partial charge in [0.1, 0.15) is 23.0 Å². The fourth-order valence-corrected chi connectivity index (χ4v) is 4.10. The van der Waals surface area contributed by atoms with Crippen molar-refractivity contribution in [1.82, 2.24) is 0 Å². The fourth-order valence-electron chi connectivity index (χ4n) is 4.10. The molecule has 4 rings (SSSR count). The highest BCUT2D eigenvalue weighted by atomic mass is 19.2. The van der Waals surface area contributed by atoms with Crippen molar-refractivity contribution in [3.63, 3.8) is 0 Å². The molecule has 1 aliphatic rings. The van der Waals surface area contributed by atoms with Crippen molar-refractivity contribution in [2.24, 2.45) is 0 Å². The van der Waals surface area contributed by atoms with Gasteiger partial charge in [-0.05, 0) is 48.9 Å². The third kappa shape index (κ3) is 4.35. The Morgan fingerprint density at radius 1 is 0.917 bits per heavy atom. The monoisotopic (exact) mass is 495 g/mol. The summed E-state index contributed by atoms with van der Waals surface area (Å²) in [7, 11) is 2.85. The third-order valence-corrected chi connectivity index (χ3v) is 5.80. The number of hydrogen-bond donors (Lipinski definition) is 1. The van der Waals surface area contributed by atoms with Gasteiger partial charge in [-0.1, -0.05) is 12.1 Å². The van der Waals surface area contributed by atoms with Gasteiger partial charge >= 0.3 is 0 Å². The summed E-state index contributed by atoms with van der Waals surface area (Å²) in [5, 5.41) is 11.3. The summed E-state index contributed by atoms with van der Waals surface area (Å²) in [5.41, 5.74) is 0.307. The van der Waals surface area contributed by atoms with E-state index in [4.69, 9.17) is 14.2 Å². The zero-order valence-corrected chi connectivity index (χ0v) is 19.7. The Morgan fingerprint density at radius 2 is 1.61 bits per heavy atom. The number of ketones is 1. The first-order chi connectivity index (χ1) is 17.3. The van der Waals surface area contributed by atoms with Gasteiger partial charge in [-0.25, -0.2) is 8.78 Å². The lowest BCUT2D eigenvalue weighted by Gasteiger charge is -2.26. The molecule has 3 aromatic carbocycles. The molecule has 0 spiro atoms. The topological polar surface area (TPSA) is 85.3 Å². The minimum atomic E-state index is -1.18. The van der Waals surface area contributed by atoms with Crippen LogP contribution in [0, 0.1) is 11.6 Å². The van der Waals surface area contributed by atoms with Crippen molar-refractivity contribution >= 4 is 23.1 Å². The standard InChI is InChI=1S/C27H23F2NO6/c1-4-36-17-8-5-15(6-9-17)24-23(25(31)19-11-10-18(34-2)14-22(19)35-3)26(32)27(33)30(24)16-7-12-20(28)21(29)13-16/h5-14,24,31H,4H2,1-3H3/b25-23-. The Hall–Kier alpha value is -4.40. The molecule has 1 amide bonds. The second kappa shape index (κ2) is 10.1. The highest BCUT2D eigenvalue weighted by Crippen LogP contribution is 2.44. The number of carbonyl (C=O) groups is 2. The van der Waals surface area contributed by atoms with Crippen LogP contribution in [-0.2, 0) is 9.59 Å². The molecular formula is C27H23F2NO6. The summed E-state index contributed by atoms with van der Waals surface area (Å²) in [5.74, 6) is -3.56. The highest BCUT2D eigenvalue weighted by Gasteiger charge is 2.47. The molecule has 186 valence electrons. The molecule has 1 fully saturated rings. The van der Waals surface area contributed by atoms with E-state index in [1.54, 1.807) is 30.3 Å². The number of hydrogen-bond acceptors (Lipinski definition) is 6. The van der Waals surface area contributed by atoms with Crippen molar-refractivity contribution in [1.29, 1.82) is 0 Å². The molecule has 1 unspecified atom stereocenters. The summed E-state index contributed by atoms with van der Waals surface area (Å²) in [4.78, 5) is 27.5. The second-order valence-corrected chi connectivity index (χ2v) is 7.84. The van der Waals surface area contributed by atoms with E-state index < -0.39 is 35.1 Å². The lowest BCUT2D eigenvalue weighted by molar-refractivity contribution is -0.132. The Kier molecular flexibility index (Phi) is 6.91. The van der Waals surface area contributed by atoms with Gasteiger partial charge in [0, 0.05) is 17.8 Å². The van der Waals surface area contributed by atoms with E-state index in [0.717, 1.165) is 17.0 Å². The van der Waals surface area contributed by atoms with Crippen LogP contribution in [0.15, 0.2) is 66.2 Å². The molecule has 0 saturated carbocycles. The Bertz CT molecular complexity index is 1350. The largest absolute Gasteiger partial charge is 0.507 e. The van der Waals surface area contributed by atoms with Gasteiger partial charge in [0.25, 0.3) is 11.7 Å². The molecule has 9 heteroatoms. The molecular weight excluding hydrogens is 472 g/mol. The first-order valence-electron chi connectivity index (χ1n) is 11.0. The number of anilines is 1. The first kappa shape index (κ1) is 24.7. The summed E-state index contributed by atoms with van der Waals surface area (Å²) in [6.45, 7) is 2.26. The van der Waals surface area contributed by atoms with Crippen LogP contribution < -0.4 is 19.1 Å². The highest BCUT2D eigenvalue weighted by molar-refractivity contribution is 6.51. The predicted molar refractivity (Wildman–Crippen MR) is 128 cm³/mol. The molecule has 0 aliphatic carbocycles. The van der Waals surface area contributed by atoms with Gasteiger partial charge in [-0.2, -0.15) is 0 Å². The maximum Gasteiger partial charge on any atom is 0.300 e. The van der Waals surface area contributed by atoms with Crippen LogP contribution in [0.1, 0.15) is 24.1 Å². The number of carbonyl (C=O) groups excluding carboxylic acids is 2. The van der Waals surface area contributed by atoms with E-state index in [-0.39, 0.29) is 22.6 Å². The molecule has 1 saturated heterocycles. The average molecular weight is 495 g/mol. The van der Waals surface area contributed by atoms with Gasteiger partial charge in [0.2, 0.25) is 0 Å². The Morgan fingerprint density at radius 3 is 2.22 bits per heavy atom. The smallest absolute Gasteiger partial charge is 0.300 e. The average Bonchev–Trinajstić information content (AvgIpc) is 3.15. The van der Waals surface area contributed by atoms with E-state index >= 15 is 0 Å². The second-order valence-electron chi connectivity index (χ2n) is 7.84. The zero-order valence-electron chi connectivity index (χ0n) is 19.7. The van der Waals surface area contributed by atoms with Crippen molar-refractivity contribution in [2.45, 2.75) is 13.0 Å². The number of nitrogens with zero attached hydrogens (tertiary/aromatic N) is 1. The maximum atomic E-state index is 14.1. The minimum Gasteiger partial charge on any atom is -0.507 e. The van der Waals surface area contributed by atoms with Crippen LogP contribution in [0.5, 0.6) is 17.2 Å². The summed E-state index contributed by atoms with van der Waals surface area (Å²) in [6.07, 6.45) is 0. The molecule has 1 N–H and O–H groups in total. The SMILES string of the molecule is CCOc1ccc(C2/C(=C(/O)c3ccc(OC)cc3OC)C(=O)C(=O)N2c2ccc(F)c(F)c2)cc1. The van der Waals surface area contributed by atoms with E-state index in [2.05, 4.69) is 0 Å². The Labute approximate surface area is 206 Å². The van der Waals surface area contributed by atoms with Gasteiger partial charge in [0.05, 0.1) is 38.0 Å². The van der Waals surface area contributed by atoms with Crippen LogP contribution in [0.2, 0.25) is 0 Å². The lowest BCUT2D eigenvalue weighted by atomic mass is 9.94. The number of halogens is 2. The number of benzene rings is 3. The van der Waals surface area contributed by atoms with Gasteiger partial charge in [-0.15, -0.1) is 0 Å². The number of aliphatic hydroxyl groups excluding tert-OH is 1. The predicted octanol–water partition coefficient (Wildman–Crippen LogP) is 5.01. The molecule has 0 aromatic heterocycles.